The molecule has 1 aliphatic carbocycles. The van der Waals surface area contributed by atoms with Gasteiger partial charge in [-0.15, -0.1) is 0 Å². The smallest absolute Gasteiger partial charge is 0.133 e. The number of rotatable bonds is 3. The Balaban J connectivity index is 2.51. The van der Waals surface area contributed by atoms with E-state index < -0.39 is 0 Å². The van der Waals surface area contributed by atoms with E-state index in [-0.39, 0.29) is 0 Å². The highest BCUT2D eigenvalue weighted by atomic mass is 16.1. The summed E-state index contributed by atoms with van der Waals surface area (Å²) in [6.45, 7) is 2.06. The van der Waals surface area contributed by atoms with E-state index in [9.17, 15) is 4.79 Å². The van der Waals surface area contributed by atoms with Crippen molar-refractivity contribution in [2.75, 3.05) is 0 Å². The minimum absolute atomic E-state index is 0.400. The molecule has 0 N–H and O–H groups in total. The van der Waals surface area contributed by atoms with E-state index in [0.717, 1.165) is 32.1 Å². The molecule has 0 aromatic heterocycles. The van der Waals surface area contributed by atoms with Crippen LogP contribution in [0.15, 0.2) is 11.6 Å². The van der Waals surface area contributed by atoms with Crippen LogP contribution in [0.2, 0.25) is 0 Å². The lowest BCUT2D eigenvalue weighted by molar-refractivity contribution is -0.118. The van der Waals surface area contributed by atoms with Crippen LogP contribution >= 0.6 is 0 Å². The summed E-state index contributed by atoms with van der Waals surface area (Å²) in [5, 5.41) is 8.50. The molecule has 2 heteroatoms. The molecule has 0 aromatic rings. The highest BCUT2D eigenvalue weighted by molar-refractivity contribution is 5.79. The normalized spacial score (nSPS) is 24.9. The molecule has 0 saturated heterocycles. The van der Waals surface area contributed by atoms with Gasteiger partial charge in [-0.3, -0.25) is 4.79 Å². The number of nitriles is 1. The van der Waals surface area contributed by atoms with Crippen LogP contribution in [-0.4, -0.2) is 5.78 Å². The average Bonchev–Trinajstić information content (AvgIpc) is 2.42. The van der Waals surface area contributed by atoms with Crippen LogP contribution in [0.25, 0.3) is 0 Å². The van der Waals surface area contributed by atoms with Gasteiger partial charge in [0.05, 0.1) is 6.07 Å². The molecule has 2 nitrogen and oxygen atoms in total. The third-order valence-electron chi connectivity index (χ3n) is 3.20. The van der Waals surface area contributed by atoms with Crippen molar-refractivity contribution in [3.05, 3.63) is 11.6 Å². The molecular weight excluding hydrogens is 186 g/mol. The Bertz CT molecular complexity index is 285. The molecule has 1 unspecified atom stereocenters. The van der Waals surface area contributed by atoms with Gasteiger partial charge < -0.3 is 0 Å². The lowest BCUT2D eigenvalue weighted by atomic mass is 9.89. The number of allylic oxidation sites excluding steroid dienone is 2. The van der Waals surface area contributed by atoms with Crippen molar-refractivity contribution in [3.8, 4) is 6.07 Å². The van der Waals surface area contributed by atoms with Crippen LogP contribution in [0.1, 0.15) is 51.9 Å². The van der Waals surface area contributed by atoms with E-state index in [1.165, 1.54) is 5.57 Å². The zero-order valence-electron chi connectivity index (χ0n) is 9.46. The molecule has 0 spiro atoms. The minimum atomic E-state index is 0.400. The van der Waals surface area contributed by atoms with Crippen LogP contribution in [0.3, 0.4) is 0 Å². The van der Waals surface area contributed by atoms with Crippen molar-refractivity contribution in [2.24, 2.45) is 5.92 Å². The van der Waals surface area contributed by atoms with Gasteiger partial charge >= 0.3 is 0 Å². The molecule has 0 aromatic carbocycles. The SMILES string of the molecule is C/C=C1\CCC(=O)CCC1CCCC#N. The highest BCUT2D eigenvalue weighted by Crippen LogP contribution is 2.30. The molecule has 82 valence electrons. The maximum atomic E-state index is 11.3. The molecule has 0 heterocycles. The van der Waals surface area contributed by atoms with E-state index in [4.69, 9.17) is 5.26 Å². The maximum Gasteiger partial charge on any atom is 0.133 e. The second-order valence-corrected chi connectivity index (χ2v) is 4.19. The number of ketones is 1. The first-order chi connectivity index (χ1) is 7.27. The second kappa shape index (κ2) is 6.40. The van der Waals surface area contributed by atoms with Crippen LogP contribution in [0, 0.1) is 17.2 Å². The molecular formula is C13H19NO. The first-order valence-corrected chi connectivity index (χ1v) is 5.81. The summed E-state index contributed by atoms with van der Waals surface area (Å²) in [5.41, 5.74) is 1.43. The fourth-order valence-corrected chi connectivity index (χ4v) is 2.27. The number of unbranched alkanes of at least 4 members (excludes halogenated alkanes) is 1. The van der Waals surface area contributed by atoms with Crippen molar-refractivity contribution in [1.29, 1.82) is 5.26 Å². The van der Waals surface area contributed by atoms with Gasteiger partial charge in [0.1, 0.15) is 5.78 Å². The number of carbonyl (C=O) groups is 1. The number of nitrogens with zero attached hydrogens (tertiary/aromatic N) is 1. The van der Waals surface area contributed by atoms with Gasteiger partial charge in [-0.05, 0) is 38.5 Å². The number of hydrogen-bond donors (Lipinski definition) is 0. The Morgan fingerprint density at radius 2 is 2.27 bits per heavy atom. The zero-order chi connectivity index (χ0) is 11.1. The molecule has 0 aliphatic heterocycles. The molecule has 1 saturated carbocycles. The number of carbonyl (C=O) groups excluding carboxylic acids is 1. The van der Waals surface area contributed by atoms with Gasteiger partial charge in [-0.25, -0.2) is 0 Å². The van der Waals surface area contributed by atoms with Crippen LogP contribution in [-0.2, 0) is 4.79 Å². The molecule has 1 aliphatic rings. The van der Waals surface area contributed by atoms with Crippen LogP contribution in [0.4, 0.5) is 0 Å². The fourth-order valence-electron chi connectivity index (χ4n) is 2.27. The van der Waals surface area contributed by atoms with Gasteiger partial charge in [0.25, 0.3) is 0 Å². The predicted molar refractivity (Wildman–Crippen MR) is 60.2 cm³/mol. The van der Waals surface area contributed by atoms with Crippen LogP contribution in [0.5, 0.6) is 0 Å². The number of Topliss-reactive ketones (excluding diaryl/α,β-unsaturated/α-hetero) is 1. The Hall–Kier alpha value is -1.10. The van der Waals surface area contributed by atoms with Gasteiger partial charge in [0.2, 0.25) is 0 Å². The van der Waals surface area contributed by atoms with Gasteiger partial charge in [0.15, 0.2) is 0 Å². The summed E-state index contributed by atoms with van der Waals surface area (Å²) in [5.74, 6) is 0.951. The monoisotopic (exact) mass is 205 g/mol. The fraction of sp³-hybridized carbons (Fsp3) is 0.692. The summed E-state index contributed by atoms with van der Waals surface area (Å²) in [6.07, 6.45) is 8.21. The first-order valence-electron chi connectivity index (χ1n) is 5.81. The van der Waals surface area contributed by atoms with E-state index in [1.54, 1.807) is 0 Å². The predicted octanol–water partition coefficient (Wildman–Crippen LogP) is 3.39. The standard InChI is InChI=1S/C13H19NO/c1-2-11-6-8-13(15)9-7-12(11)5-3-4-10-14/h2,12H,3-9H2,1H3/b11-2+. The van der Waals surface area contributed by atoms with Crippen molar-refractivity contribution in [2.45, 2.75) is 51.9 Å². The molecule has 0 radical (unpaired) electrons. The molecule has 1 fully saturated rings. The molecule has 15 heavy (non-hydrogen) atoms. The van der Waals surface area contributed by atoms with E-state index in [0.29, 0.717) is 24.5 Å². The van der Waals surface area contributed by atoms with Gasteiger partial charge in [-0.1, -0.05) is 11.6 Å². The first kappa shape index (κ1) is 12.0. The van der Waals surface area contributed by atoms with Crippen molar-refractivity contribution < 1.29 is 4.79 Å². The molecule has 1 rings (SSSR count). The largest absolute Gasteiger partial charge is 0.300 e. The van der Waals surface area contributed by atoms with Gasteiger partial charge in [-0.2, -0.15) is 5.26 Å². The van der Waals surface area contributed by atoms with Crippen molar-refractivity contribution >= 4 is 5.78 Å². The maximum absolute atomic E-state index is 11.3. The summed E-state index contributed by atoms with van der Waals surface area (Å²) >= 11 is 0. The van der Waals surface area contributed by atoms with E-state index in [1.807, 2.05) is 0 Å². The quantitative estimate of drug-likeness (QED) is 0.402. The lowest BCUT2D eigenvalue weighted by Gasteiger charge is -2.16. The highest BCUT2D eigenvalue weighted by Gasteiger charge is 2.19. The van der Waals surface area contributed by atoms with E-state index in [2.05, 4.69) is 19.1 Å². The van der Waals surface area contributed by atoms with Crippen LogP contribution < -0.4 is 0 Å². The molecule has 0 bridgehead atoms. The Morgan fingerprint density at radius 3 is 2.93 bits per heavy atom. The topological polar surface area (TPSA) is 40.9 Å². The third-order valence-corrected chi connectivity index (χ3v) is 3.20. The summed E-state index contributed by atoms with van der Waals surface area (Å²) in [4.78, 5) is 11.3. The Kier molecular flexibility index (Phi) is 5.10. The minimum Gasteiger partial charge on any atom is -0.300 e. The Morgan fingerprint density at radius 1 is 1.47 bits per heavy atom. The third kappa shape index (κ3) is 3.87. The Labute approximate surface area is 92.0 Å². The summed E-state index contributed by atoms with van der Waals surface area (Å²) in [7, 11) is 0. The molecule has 1 atom stereocenters. The van der Waals surface area contributed by atoms with Crippen molar-refractivity contribution in [1.82, 2.24) is 0 Å². The van der Waals surface area contributed by atoms with E-state index >= 15 is 0 Å². The second-order valence-electron chi connectivity index (χ2n) is 4.19. The van der Waals surface area contributed by atoms with Crippen molar-refractivity contribution in [3.63, 3.8) is 0 Å². The summed E-state index contributed by atoms with van der Waals surface area (Å²) in [6, 6.07) is 2.18. The molecule has 0 amide bonds. The lowest BCUT2D eigenvalue weighted by Crippen LogP contribution is -2.02. The number of hydrogen-bond acceptors (Lipinski definition) is 2. The summed E-state index contributed by atoms with van der Waals surface area (Å²) < 4.78 is 0. The van der Waals surface area contributed by atoms with Gasteiger partial charge in [0, 0.05) is 19.3 Å². The average molecular weight is 205 g/mol. The zero-order valence-corrected chi connectivity index (χ0v) is 9.46.